The first-order valence-corrected chi connectivity index (χ1v) is 5.82. The molecule has 1 aliphatic heterocycles. The minimum atomic E-state index is -4.30. The summed E-state index contributed by atoms with van der Waals surface area (Å²) in [5.74, 6) is -0.0288. The van der Waals surface area contributed by atoms with Gasteiger partial charge in [-0.3, -0.25) is 4.79 Å². The molecule has 1 heterocycles. The average Bonchev–Trinajstić information content (AvgIpc) is 2.48. The van der Waals surface area contributed by atoms with E-state index < -0.39 is 11.7 Å². The van der Waals surface area contributed by atoms with Crippen molar-refractivity contribution in [2.45, 2.75) is 25.9 Å². The molecule has 0 aromatic heterocycles. The van der Waals surface area contributed by atoms with Crippen molar-refractivity contribution >= 4 is 5.91 Å². The summed E-state index contributed by atoms with van der Waals surface area (Å²) in [6, 6.07) is 3.85. The predicted octanol–water partition coefficient (Wildman–Crippen LogP) is 2.65. The molecule has 5 heteroatoms. The van der Waals surface area contributed by atoms with Crippen molar-refractivity contribution in [2.75, 3.05) is 13.1 Å². The minimum Gasteiger partial charge on any atom is -0.342 e. The van der Waals surface area contributed by atoms with Crippen molar-refractivity contribution < 1.29 is 18.0 Å². The fourth-order valence-electron chi connectivity index (χ4n) is 2.22. The second kappa shape index (κ2) is 4.63. The smallest absolute Gasteiger partial charge is 0.342 e. The van der Waals surface area contributed by atoms with Crippen molar-refractivity contribution in [3.63, 3.8) is 0 Å². The van der Waals surface area contributed by atoms with E-state index in [-0.39, 0.29) is 5.91 Å². The van der Waals surface area contributed by atoms with Crippen LogP contribution in [0.25, 0.3) is 0 Å². The summed E-state index contributed by atoms with van der Waals surface area (Å²) in [7, 11) is 0. The van der Waals surface area contributed by atoms with Crippen molar-refractivity contribution in [3.8, 4) is 0 Å². The molecular weight excluding hydrogens is 243 g/mol. The van der Waals surface area contributed by atoms with Gasteiger partial charge in [-0.25, -0.2) is 0 Å². The zero-order valence-electron chi connectivity index (χ0n) is 10.0. The number of hydrogen-bond donors (Lipinski definition) is 0. The molecule has 0 aliphatic carbocycles. The number of halogens is 3. The molecule has 0 fully saturated rings. The van der Waals surface area contributed by atoms with Crippen LogP contribution in [0.1, 0.15) is 23.6 Å². The van der Waals surface area contributed by atoms with Crippen LogP contribution < -0.4 is 0 Å². The molecule has 0 unspecified atom stereocenters. The highest BCUT2D eigenvalue weighted by Crippen LogP contribution is 2.31. The summed E-state index contributed by atoms with van der Waals surface area (Å²) in [4.78, 5) is 12.9. The minimum absolute atomic E-state index is 0.0288. The lowest BCUT2D eigenvalue weighted by atomic mass is 10.00. The summed E-state index contributed by atoms with van der Waals surface area (Å²) < 4.78 is 37.8. The molecule has 1 aliphatic rings. The van der Waals surface area contributed by atoms with Gasteiger partial charge in [0.05, 0.1) is 5.56 Å². The van der Waals surface area contributed by atoms with Crippen LogP contribution in [-0.4, -0.2) is 23.9 Å². The zero-order chi connectivity index (χ0) is 13.3. The molecular formula is C13H14F3NO. The normalized spacial score (nSPS) is 16.1. The third-order valence-electron chi connectivity index (χ3n) is 3.28. The van der Waals surface area contributed by atoms with E-state index >= 15 is 0 Å². The maximum absolute atomic E-state index is 12.6. The maximum Gasteiger partial charge on any atom is 0.416 e. The number of carbonyl (C=O) groups excluding carboxylic acids is 1. The van der Waals surface area contributed by atoms with Crippen LogP contribution in [0.4, 0.5) is 13.2 Å². The van der Waals surface area contributed by atoms with E-state index in [1.54, 1.807) is 4.90 Å². The number of carbonyl (C=O) groups is 1. The van der Waals surface area contributed by atoms with Crippen LogP contribution in [0.3, 0.4) is 0 Å². The van der Waals surface area contributed by atoms with E-state index in [1.165, 1.54) is 19.1 Å². The Morgan fingerprint density at radius 3 is 2.33 bits per heavy atom. The number of hydrogen-bond acceptors (Lipinski definition) is 1. The van der Waals surface area contributed by atoms with Gasteiger partial charge in [0, 0.05) is 20.0 Å². The Morgan fingerprint density at radius 2 is 1.78 bits per heavy atom. The molecule has 0 N–H and O–H groups in total. The maximum atomic E-state index is 12.6. The van der Waals surface area contributed by atoms with E-state index in [1.807, 2.05) is 0 Å². The number of alkyl halides is 3. The molecule has 2 nitrogen and oxygen atoms in total. The number of benzene rings is 1. The Kier molecular flexibility index (Phi) is 3.32. The Bertz CT molecular complexity index is 468. The number of fused-ring (bicyclic) bond motifs is 1. The third kappa shape index (κ3) is 2.66. The van der Waals surface area contributed by atoms with E-state index in [9.17, 15) is 18.0 Å². The zero-order valence-corrected chi connectivity index (χ0v) is 10.0. The van der Waals surface area contributed by atoms with Crippen molar-refractivity contribution in [3.05, 3.63) is 34.9 Å². The van der Waals surface area contributed by atoms with Gasteiger partial charge in [-0.05, 0) is 36.1 Å². The standard InChI is InChI=1S/C13H14F3NO/c1-9(18)17-6-4-10-2-3-12(13(14,15)16)8-11(10)5-7-17/h2-3,8H,4-7H2,1H3. The Hall–Kier alpha value is -1.52. The second-order valence-corrected chi connectivity index (χ2v) is 4.49. The largest absolute Gasteiger partial charge is 0.416 e. The molecule has 18 heavy (non-hydrogen) atoms. The highest BCUT2D eigenvalue weighted by molar-refractivity contribution is 5.73. The van der Waals surface area contributed by atoms with Gasteiger partial charge < -0.3 is 4.90 Å². The number of nitrogens with zero attached hydrogens (tertiary/aromatic N) is 1. The first kappa shape index (κ1) is 12.9. The van der Waals surface area contributed by atoms with Crippen LogP contribution in [-0.2, 0) is 23.8 Å². The fourth-order valence-corrected chi connectivity index (χ4v) is 2.22. The lowest BCUT2D eigenvalue weighted by Crippen LogP contribution is -2.30. The average molecular weight is 257 g/mol. The predicted molar refractivity (Wildman–Crippen MR) is 61.1 cm³/mol. The molecule has 0 atom stereocenters. The van der Waals surface area contributed by atoms with Crippen LogP contribution >= 0.6 is 0 Å². The van der Waals surface area contributed by atoms with Gasteiger partial charge in [0.2, 0.25) is 5.91 Å². The lowest BCUT2D eigenvalue weighted by Gasteiger charge is -2.17. The SMILES string of the molecule is CC(=O)N1CCc2ccc(C(F)(F)F)cc2CC1. The van der Waals surface area contributed by atoms with Gasteiger partial charge in [0.25, 0.3) is 0 Å². The molecule has 0 saturated heterocycles. The summed E-state index contributed by atoms with van der Waals surface area (Å²) in [5, 5.41) is 0. The van der Waals surface area contributed by atoms with Crippen LogP contribution in [0, 0.1) is 0 Å². The van der Waals surface area contributed by atoms with Gasteiger partial charge in [-0.2, -0.15) is 13.2 Å². The fraction of sp³-hybridized carbons (Fsp3) is 0.462. The highest BCUT2D eigenvalue weighted by Gasteiger charge is 2.31. The number of amides is 1. The lowest BCUT2D eigenvalue weighted by molar-refractivity contribution is -0.137. The summed E-state index contributed by atoms with van der Waals surface area (Å²) >= 11 is 0. The molecule has 2 rings (SSSR count). The van der Waals surface area contributed by atoms with Gasteiger partial charge in [0.1, 0.15) is 0 Å². The van der Waals surface area contributed by atoms with Crippen molar-refractivity contribution in [2.24, 2.45) is 0 Å². The molecule has 1 aromatic rings. The Balaban J connectivity index is 2.26. The third-order valence-corrected chi connectivity index (χ3v) is 3.28. The highest BCUT2D eigenvalue weighted by atomic mass is 19.4. The monoisotopic (exact) mass is 257 g/mol. The first-order valence-electron chi connectivity index (χ1n) is 5.82. The summed E-state index contributed by atoms with van der Waals surface area (Å²) in [6.45, 7) is 2.55. The van der Waals surface area contributed by atoms with Gasteiger partial charge in [-0.1, -0.05) is 6.07 Å². The Morgan fingerprint density at radius 1 is 1.17 bits per heavy atom. The second-order valence-electron chi connectivity index (χ2n) is 4.49. The molecule has 0 radical (unpaired) electrons. The molecule has 0 saturated carbocycles. The van der Waals surface area contributed by atoms with Crippen LogP contribution in [0.15, 0.2) is 18.2 Å². The molecule has 1 aromatic carbocycles. The summed E-state index contributed by atoms with van der Waals surface area (Å²) in [5.41, 5.74) is 0.998. The van der Waals surface area contributed by atoms with E-state index in [0.29, 0.717) is 31.5 Å². The van der Waals surface area contributed by atoms with Gasteiger partial charge in [-0.15, -0.1) is 0 Å². The summed E-state index contributed by atoms with van der Waals surface area (Å²) in [6.07, 6.45) is -3.20. The number of rotatable bonds is 0. The van der Waals surface area contributed by atoms with E-state index in [4.69, 9.17) is 0 Å². The molecule has 98 valence electrons. The first-order chi connectivity index (χ1) is 8.38. The van der Waals surface area contributed by atoms with Crippen LogP contribution in [0.5, 0.6) is 0 Å². The Labute approximate surface area is 103 Å². The van der Waals surface area contributed by atoms with Crippen LogP contribution in [0.2, 0.25) is 0 Å². The van der Waals surface area contributed by atoms with Crippen molar-refractivity contribution in [1.82, 2.24) is 4.90 Å². The van der Waals surface area contributed by atoms with Crippen molar-refractivity contribution in [1.29, 1.82) is 0 Å². The molecule has 0 bridgehead atoms. The molecule has 0 spiro atoms. The van der Waals surface area contributed by atoms with Gasteiger partial charge >= 0.3 is 6.18 Å². The topological polar surface area (TPSA) is 20.3 Å². The van der Waals surface area contributed by atoms with E-state index in [2.05, 4.69) is 0 Å². The quantitative estimate of drug-likeness (QED) is 0.699. The molecule has 1 amide bonds. The van der Waals surface area contributed by atoms with Gasteiger partial charge in [0.15, 0.2) is 0 Å². The van der Waals surface area contributed by atoms with E-state index in [0.717, 1.165) is 11.6 Å².